The van der Waals surface area contributed by atoms with Crippen molar-refractivity contribution >= 4 is 22.5 Å². The Hall–Kier alpha value is -1.25. The molecule has 2 amide bonds. The van der Waals surface area contributed by atoms with Crippen LogP contribution in [-0.4, -0.2) is 59.6 Å². The van der Waals surface area contributed by atoms with Crippen LogP contribution in [0.2, 0.25) is 0 Å². The molecule has 2 fully saturated rings. The summed E-state index contributed by atoms with van der Waals surface area (Å²) in [6.07, 6.45) is 4.41. The predicted molar refractivity (Wildman–Crippen MR) is 78.4 cm³/mol. The summed E-state index contributed by atoms with van der Waals surface area (Å²) in [4.78, 5) is 14.2. The van der Waals surface area contributed by atoms with Crippen LogP contribution < -0.4 is 5.32 Å². The molecule has 0 bridgehead atoms. The molecule has 1 aromatic rings. The third kappa shape index (κ3) is 4.12. The van der Waals surface area contributed by atoms with Crippen LogP contribution in [0, 0.1) is 0 Å². The van der Waals surface area contributed by atoms with Crippen molar-refractivity contribution in [2.24, 2.45) is 0 Å². The highest BCUT2D eigenvalue weighted by Crippen LogP contribution is 2.18. The number of rotatable bonds is 5. The number of ether oxygens (including phenoxy) is 2. The van der Waals surface area contributed by atoms with E-state index in [1.54, 1.807) is 10.4 Å². The monoisotopic (exact) mass is 312 g/mol. The summed E-state index contributed by atoms with van der Waals surface area (Å²) in [5.41, 5.74) is 1.60. The average molecular weight is 312 g/mol. The summed E-state index contributed by atoms with van der Waals surface area (Å²) in [6.45, 7) is 2.78. The van der Waals surface area contributed by atoms with E-state index in [1.165, 1.54) is 11.3 Å². The standard InChI is InChI=1S/C13H20N4O3S/c18-13(15-12-16-14-9-21-12)17(7-10-3-1-5-19-10)8-11-4-2-6-20-11/h9-11H,1-8H2,(H,15,16,18)/t10-,11-/m0/s1. The molecular weight excluding hydrogens is 292 g/mol. The Balaban J connectivity index is 1.59. The summed E-state index contributed by atoms with van der Waals surface area (Å²) >= 11 is 1.31. The zero-order chi connectivity index (χ0) is 14.5. The van der Waals surface area contributed by atoms with E-state index in [1.807, 2.05) is 0 Å². The van der Waals surface area contributed by atoms with E-state index in [0.29, 0.717) is 18.2 Å². The molecule has 3 heterocycles. The Kier molecular flexibility index (Phi) is 5.00. The fraction of sp³-hybridized carbons (Fsp3) is 0.769. The third-order valence-corrected chi connectivity index (χ3v) is 4.36. The van der Waals surface area contributed by atoms with Crippen LogP contribution in [0.25, 0.3) is 0 Å². The van der Waals surface area contributed by atoms with Gasteiger partial charge in [0.15, 0.2) is 0 Å². The van der Waals surface area contributed by atoms with Crippen molar-refractivity contribution in [2.75, 3.05) is 31.6 Å². The summed E-state index contributed by atoms with van der Waals surface area (Å²) < 4.78 is 11.3. The number of urea groups is 1. The van der Waals surface area contributed by atoms with Gasteiger partial charge in [-0.1, -0.05) is 11.3 Å². The molecule has 0 aliphatic carbocycles. The van der Waals surface area contributed by atoms with Gasteiger partial charge in [-0.25, -0.2) is 4.79 Å². The highest BCUT2D eigenvalue weighted by atomic mass is 32.1. The number of carbonyl (C=O) groups excluding carboxylic acids is 1. The molecule has 0 aromatic carbocycles. The third-order valence-electron chi connectivity index (χ3n) is 3.76. The lowest BCUT2D eigenvalue weighted by Gasteiger charge is -2.27. The molecule has 0 spiro atoms. The van der Waals surface area contributed by atoms with Gasteiger partial charge in [0.1, 0.15) is 5.51 Å². The largest absolute Gasteiger partial charge is 0.376 e. The first-order valence-corrected chi connectivity index (χ1v) is 8.24. The fourth-order valence-corrected chi connectivity index (χ4v) is 3.14. The maximum Gasteiger partial charge on any atom is 0.323 e. The zero-order valence-electron chi connectivity index (χ0n) is 11.9. The minimum Gasteiger partial charge on any atom is -0.376 e. The van der Waals surface area contributed by atoms with Gasteiger partial charge in [-0.2, -0.15) is 0 Å². The topological polar surface area (TPSA) is 76.6 Å². The van der Waals surface area contributed by atoms with Gasteiger partial charge in [0, 0.05) is 26.3 Å². The molecule has 0 radical (unpaired) electrons. The van der Waals surface area contributed by atoms with E-state index in [-0.39, 0.29) is 18.2 Å². The van der Waals surface area contributed by atoms with Gasteiger partial charge in [0.05, 0.1) is 12.2 Å². The van der Waals surface area contributed by atoms with Crippen molar-refractivity contribution in [3.05, 3.63) is 5.51 Å². The van der Waals surface area contributed by atoms with Gasteiger partial charge in [0.2, 0.25) is 5.13 Å². The lowest BCUT2D eigenvalue weighted by Crippen LogP contribution is -2.44. The molecule has 8 heteroatoms. The predicted octanol–water partition coefficient (Wildman–Crippen LogP) is 1.73. The van der Waals surface area contributed by atoms with E-state index < -0.39 is 0 Å². The first-order valence-electron chi connectivity index (χ1n) is 7.36. The van der Waals surface area contributed by atoms with Crippen LogP contribution in [0.5, 0.6) is 0 Å². The lowest BCUT2D eigenvalue weighted by molar-refractivity contribution is 0.0524. The van der Waals surface area contributed by atoms with Crippen molar-refractivity contribution in [1.82, 2.24) is 15.1 Å². The second-order valence-corrected chi connectivity index (χ2v) is 6.18. The van der Waals surface area contributed by atoms with Gasteiger partial charge in [-0.15, -0.1) is 10.2 Å². The summed E-state index contributed by atoms with van der Waals surface area (Å²) in [6, 6.07) is -0.155. The van der Waals surface area contributed by atoms with Crippen LogP contribution in [0.1, 0.15) is 25.7 Å². The van der Waals surface area contributed by atoms with Crippen molar-refractivity contribution in [2.45, 2.75) is 37.9 Å². The highest BCUT2D eigenvalue weighted by molar-refractivity contribution is 7.13. The number of hydrogen-bond acceptors (Lipinski definition) is 6. The van der Waals surface area contributed by atoms with E-state index in [4.69, 9.17) is 9.47 Å². The quantitative estimate of drug-likeness (QED) is 0.896. The summed E-state index contributed by atoms with van der Waals surface area (Å²) in [5.74, 6) is 0. The van der Waals surface area contributed by atoms with Gasteiger partial charge in [-0.3, -0.25) is 5.32 Å². The second-order valence-electron chi connectivity index (χ2n) is 5.35. The molecule has 2 atom stereocenters. The second kappa shape index (κ2) is 7.15. The number of amides is 2. The highest BCUT2D eigenvalue weighted by Gasteiger charge is 2.27. The fourth-order valence-electron chi connectivity index (χ4n) is 2.71. The molecule has 21 heavy (non-hydrogen) atoms. The molecular formula is C13H20N4O3S. The Labute approximate surface area is 127 Å². The average Bonchev–Trinajstić information content (AvgIpc) is 3.21. The SMILES string of the molecule is O=C(Nc1nncs1)N(C[C@@H]1CCCO1)C[C@@H]1CCCO1. The van der Waals surface area contributed by atoms with E-state index in [9.17, 15) is 4.79 Å². The molecule has 1 aromatic heterocycles. The van der Waals surface area contributed by atoms with E-state index in [0.717, 1.165) is 38.9 Å². The number of nitrogens with zero attached hydrogens (tertiary/aromatic N) is 3. The normalized spacial score (nSPS) is 25.1. The van der Waals surface area contributed by atoms with Gasteiger partial charge in [-0.05, 0) is 25.7 Å². The van der Waals surface area contributed by atoms with Crippen molar-refractivity contribution in [1.29, 1.82) is 0 Å². The van der Waals surface area contributed by atoms with Crippen LogP contribution in [-0.2, 0) is 9.47 Å². The Bertz CT molecular complexity index is 426. The zero-order valence-corrected chi connectivity index (χ0v) is 12.7. The van der Waals surface area contributed by atoms with Gasteiger partial charge >= 0.3 is 6.03 Å². The van der Waals surface area contributed by atoms with Crippen molar-refractivity contribution in [3.63, 3.8) is 0 Å². The Morgan fingerprint density at radius 3 is 2.43 bits per heavy atom. The van der Waals surface area contributed by atoms with Crippen LogP contribution in [0.15, 0.2) is 5.51 Å². The Morgan fingerprint density at radius 2 is 1.95 bits per heavy atom. The summed E-state index contributed by atoms with van der Waals surface area (Å²) in [5, 5.41) is 10.9. The number of anilines is 1. The van der Waals surface area contributed by atoms with Gasteiger partial charge in [0.25, 0.3) is 0 Å². The number of nitrogens with one attached hydrogen (secondary N) is 1. The molecule has 2 saturated heterocycles. The maximum atomic E-state index is 12.4. The molecule has 2 aliphatic rings. The molecule has 7 nitrogen and oxygen atoms in total. The molecule has 2 aliphatic heterocycles. The minimum atomic E-state index is -0.155. The van der Waals surface area contributed by atoms with Crippen LogP contribution in [0.3, 0.4) is 0 Å². The minimum absolute atomic E-state index is 0.131. The molecule has 116 valence electrons. The van der Waals surface area contributed by atoms with Crippen molar-refractivity contribution < 1.29 is 14.3 Å². The van der Waals surface area contributed by atoms with E-state index >= 15 is 0 Å². The molecule has 0 unspecified atom stereocenters. The maximum absolute atomic E-state index is 12.4. The van der Waals surface area contributed by atoms with Crippen LogP contribution >= 0.6 is 11.3 Å². The van der Waals surface area contributed by atoms with Gasteiger partial charge < -0.3 is 14.4 Å². The number of aromatic nitrogens is 2. The van der Waals surface area contributed by atoms with Crippen LogP contribution in [0.4, 0.5) is 9.93 Å². The number of hydrogen-bond donors (Lipinski definition) is 1. The smallest absolute Gasteiger partial charge is 0.323 e. The number of carbonyl (C=O) groups is 1. The van der Waals surface area contributed by atoms with Crippen molar-refractivity contribution in [3.8, 4) is 0 Å². The summed E-state index contributed by atoms with van der Waals surface area (Å²) in [7, 11) is 0. The Morgan fingerprint density at radius 1 is 1.29 bits per heavy atom. The molecule has 1 N–H and O–H groups in total. The first-order chi connectivity index (χ1) is 10.3. The molecule has 0 saturated carbocycles. The lowest BCUT2D eigenvalue weighted by atomic mass is 10.2. The van der Waals surface area contributed by atoms with E-state index in [2.05, 4.69) is 15.5 Å². The molecule has 3 rings (SSSR count). The first kappa shape index (κ1) is 14.7.